The summed E-state index contributed by atoms with van der Waals surface area (Å²) in [5.41, 5.74) is 0.760. The second-order valence-electron chi connectivity index (χ2n) is 7.30. The molecule has 0 aromatic heterocycles. The van der Waals surface area contributed by atoms with E-state index in [1.165, 1.54) is 38.8 Å². The van der Waals surface area contributed by atoms with Crippen LogP contribution in [0, 0.1) is 0 Å². The SMILES string of the molecule is CCOc1cccc(C(=O)N2CCCC[C@H]2CCN2CCCCC2)c1. The maximum atomic E-state index is 13.1. The molecule has 3 rings (SSSR count). The Labute approximate surface area is 152 Å². The molecule has 1 amide bonds. The number of nitrogens with zero attached hydrogens (tertiary/aromatic N) is 2. The van der Waals surface area contributed by atoms with Crippen LogP contribution < -0.4 is 4.74 Å². The lowest BCUT2D eigenvalue weighted by atomic mass is 9.97. The molecule has 0 unspecified atom stereocenters. The van der Waals surface area contributed by atoms with Gasteiger partial charge in [-0.1, -0.05) is 12.5 Å². The molecule has 2 fully saturated rings. The van der Waals surface area contributed by atoms with E-state index in [2.05, 4.69) is 9.80 Å². The molecular weight excluding hydrogens is 312 g/mol. The molecule has 25 heavy (non-hydrogen) atoms. The minimum Gasteiger partial charge on any atom is -0.494 e. The van der Waals surface area contributed by atoms with Crippen LogP contribution in [-0.2, 0) is 0 Å². The third kappa shape index (κ3) is 4.97. The first kappa shape index (κ1) is 18.2. The van der Waals surface area contributed by atoms with Crippen molar-refractivity contribution in [1.29, 1.82) is 0 Å². The van der Waals surface area contributed by atoms with E-state index in [1.807, 2.05) is 31.2 Å². The quantitative estimate of drug-likeness (QED) is 0.783. The Morgan fingerprint density at radius 1 is 1.12 bits per heavy atom. The van der Waals surface area contributed by atoms with E-state index in [4.69, 9.17) is 4.74 Å². The number of piperidine rings is 2. The Balaban J connectivity index is 1.63. The van der Waals surface area contributed by atoms with E-state index in [-0.39, 0.29) is 5.91 Å². The average Bonchev–Trinajstić information content (AvgIpc) is 2.67. The first-order chi connectivity index (χ1) is 12.3. The summed E-state index contributed by atoms with van der Waals surface area (Å²) < 4.78 is 5.56. The van der Waals surface area contributed by atoms with Crippen molar-refractivity contribution in [3.8, 4) is 5.75 Å². The second-order valence-corrected chi connectivity index (χ2v) is 7.30. The van der Waals surface area contributed by atoms with Gasteiger partial charge in [0.05, 0.1) is 6.61 Å². The van der Waals surface area contributed by atoms with Crippen LogP contribution >= 0.6 is 0 Å². The predicted molar refractivity (Wildman–Crippen MR) is 101 cm³/mol. The largest absolute Gasteiger partial charge is 0.494 e. The van der Waals surface area contributed by atoms with Crippen molar-refractivity contribution in [2.75, 3.05) is 32.8 Å². The van der Waals surface area contributed by atoms with E-state index in [1.54, 1.807) is 0 Å². The summed E-state index contributed by atoms with van der Waals surface area (Å²) in [6, 6.07) is 8.04. The van der Waals surface area contributed by atoms with Crippen molar-refractivity contribution >= 4 is 5.91 Å². The topological polar surface area (TPSA) is 32.8 Å². The van der Waals surface area contributed by atoms with Gasteiger partial charge in [0.1, 0.15) is 5.75 Å². The Kier molecular flexibility index (Phi) is 6.74. The molecule has 2 heterocycles. The first-order valence-electron chi connectivity index (χ1n) is 10.0. The van der Waals surface area contributed by atoms with Gasteiger partial charge in [-0.3, -0.25) is 4.79 Å². The molecule has 2 aliphatic rings. The number of carbonyl (C=O) groups is 1. The van der Waals surface area contributed by atoms with Gasteiger partial charge in [0.2, 0.25) is 0 Å². The zero-order chi connectivity index (χ0) is 17.5. The van der Waals surface area contributed by atoms with Crippen molar-refractivity contribution in [2.24, 2.45) is 0 Å². The molecule has 0 aliphatic carbocycles. The third-order valence-corrected chi connectivity index (χ3v) is 5.51. The molecule has 138 valence electrons. The van der Waals surface area contributed by atoms with E-state index in [0.717, 1.165) is 43.7 Å². The molecule has 1 aromatic carbocycles. The Hall–Kier alpha value is -1.55. The van der Waals surface area contributed by atoms with Gasteiger partial charge in [-0.25, -0.2) is 0 Å². The summed E-state index contributed by atoms with van der Waals surface area (Å²) in [4.78, 5) is 17.8. The van der Waals surface area contributed by atoms with Crippen molar-refractivity contribution in [2.45, 2.75) is 57.9 Å². The number of hydrogen-bond donors (Lipinski definition) is 0. The van der Waals surface area contributed by atoms with Gasteiger partial charge in [0, 0.05) is 24.7 Å². The minimum atomic E-state index is 0.171. The fourth-order valence-electron chi connectivity index (χ4n) is 4.13. The highest BCUT2D eigenvalue weighted by molar-refractivity contribution is 5.94. The maximum Gasteiger partial charge on any atom is 0.254 e. The molecule has 2 saturated heterocycles. The Bertz CT molecular complexity index is 555. The Morgan fingerprint density at radius 2 is 1.92 bits per heavy atom. The summed E-state index contributed by atoms with van der Waals surface area (Å²) in [6.45, 7) is 7.08. The third-order valence-electron chi connectivity index (χ3n) is 5.51. The summed E-state index contributed by atoms with van der Waals surface area (Å²) in [7, 11) is 0. The predicted octanol–water partition coefficient (Wildman–Crippen LogP) is 3.96. The zero-order valence-electron chi connectivity index (χ0n) is 15.6. The van der Waals surface area contributed by atoms with E-state index >= 15 is 0 Å². The molecule has 1 aromatic rings. The molecule has 0 N–H and O–H groups in total. The second kappa shape index (κ2) is 9.23. The summed E-state index contributed by atoms with van der Waals surface area (Å²) in [5.74, 6) is 0.958. The van der Waals surface area contributed by atoms with Crippen LogP contribution in [0.3, 0.4) is 0 Å². The van der Waals surface area contributed by atoms with Crippen molar-refractivity contribution < 1.29 is 9.53 Å². The fourth-order valence-corrected chi connectivity index (χ4v) is 4.13. The van der Waals surface area contributed by atoms with Gasteiger partial charge in [-0.05, 0) is 76.7 Å². The lowest BCUT2D eigenvalue weighted by Gasteiger charge is -2.37. The van der Waals surface area contributed by atoms with Crippen LogP contribution in [0.5, 0.6) is 5.75 Å². The van der Waals surface area contributed by atoms with Gasteiger partial charge in [0.25, 0.3) is 5.91 Å². The Morgan fingerprint density at radius 3 is 2.72 bits per heavy atom. The van der Waals surface area contributed by atoms with Crippen molar-refractivity contribution in [1.82, 2.24) is 9.80 Å². The normalized spacial score (nSPS) is 22.0. The molecule has 0 spiro atoms. The lowest BCUT2D eigenvalue weighted by molar-refractivity contribution is 0.0579. The van der Waals surface area contributed by atoms with Crippen LogP contribution in [0.1, 0.15) is 62.2 Å². The molecule has 1 atom stereocenters. The number of rotatable bonds is 6. The van der Waals surface area contributed by atoms with Crippen molar-refractivity contribution in [3.63, 3.8) is 0 Å². The molecule has 4 nitrogen and oxygen atoms in total. The molecular formula is C21H32N2O2. The van der Waals surface area contributed by atoms with Gasteiger partial charge in [0.15, 0.2) is 0 Å². The summed E-state index contributed by atoms with van der Waals surface area (Å²) in [6.07, 6.45) is 8.65. The van der Waals surface area contributed by atoms with Crippen LogP contribution in [0.15, 0.2) is 24.3 Å². The van der Waals surface area contributed by atoms with E-state index in [9.17, 15) is 4.79 Å². The van der Waals surface area contributed by atoms with Crippen LogP contribution in [0.4, 0.5) is 0 Å². The fraction of sp³-hybridized carbons (Fsp3) is 0.667. The number of amides is 1. The average molecular weight is 344 g/mol. The molecule has 0 bridgehead atoms. The highest BCUT2D eigenvalue weighted by Gasteiger charge is 2.28. The minimum absolute atomic E-state index is 0.171. The molecule has 0 radical (unpaired) electrons. The van der Waals surface area contributed by atoms with Crippen molar-refractivity contribution in [3.05, 3.63) is 29.8 Å². The van der Waals surface area contributed by atoms with Gasteiger partial charge >= 0.3 is 0 Å². The monoisotopic (exact) mass is 344 g/mol. The molecule has 4 heteroatoms. The number of benzene rings is 1. The smallest absolute Gasteiger partial charge is 0.254 e. The number of hydrogen-bond acceptors (Lipinski definition) is 3. The zero-order valence-corrected chi connectivity index (χ0v) is 15.6. The first-order valence-corrected chi connectivity index (χ1v) is 10.0. The standard InChI is InChI=1S/C21H32N2O2/c1-2-25-20-11-8-9-18(17-20)21(24)23-15-7-4-10-19(23)12-16-22-13-5-3-6-14-22/h8-9,11,17,19H,2-7,10,12-16H2,1H3/t19-/m0/s1. The van der Waals surface area contributed by atoms with Gasteiger partial charge < -0.3 is 14.5 Å². The van der Waals surface area contributed by atoms with E-state index in [0.29, 0.717) is 12.6 Å². The highest BCUT2D eigenvalue weighted by Crippen LogP contribution is 2.24. The summed E-state index contributed by atoms with van der Waals surface area (Å²) >= 11 is 0. The van der Waals surface area contributed by atoms with Crippen LogP contribution in [0.2, 0.25) is 0 Å². The molecule has 2 aliphatic heterocycles. The summed E-state index contributed by atoms with van der Waals surface area (Å²) in [5, 5.41) is 0. The van der Waals surface area contributed by atoms with Crippen LogP contribution in [0.25, 0.3) is 0 Å². The highest BCUT2D eigenvalue weighted by atomic mass is 16.5. The number of carbonyl (C=O) groups excluding carboxylic acids is 1. The molecule has 0 saturated carbocycles. The lowest BCUT2D eigenvalue weighted by Crippen LogP contribution is -2.45. The van der Waals surface area contributed by atoms with Gasteiger partial charge in [-0.2, -0.15) is 0 Å². The maximum absolute atomic E-state index is 13.1. The van der Waals surface area contributed by atoms with Gasteiger partial charge in [-0.15, -0.1) is 0 Å². The van der Waals surface area contributed by atoms with Crippen LogP contribution in [-0.4, -0.2) is 54.5 Å². The number of ether oxygens (including phenoxy) is 1. The number of likely N-dealkylation sites (tertiary alicyclic amines) is 2. The van der Waals surface area contributed by atoms with E-state index < -0.39 is 0 Å².